The second-order valence-corrected chi connectivity index (χ2v) is 7.47. The van der Waals surface area contributed by atoms with Crippen molar-refractivity contribution in [2.75, 3.05) is 13.1 Å². The summed E-state index contributed by atoms with van der Waals surface area (Å²) in [4.78, 5) is 0.267. The van der Waals surface area contributed by atoms with Crippen LogP contribution in [0.3, 0.4) is 0 Å². The third-order valence-corrected chi connectivity index (χ3v) is 5.18. The summed E-state index contributed by atoms with van der Waals surface area (Å²) in [6, 6.07) is 4.83. The normalized spacial score (nSPS) is 13.3. The largest absolute Gasteiger partial charge is 0.313 e. The quantitative estimate of drug-likeness (QED) is 0.683. The fourth-order valence-corrected chi connectivity index (χ4v) is 3.13. The Bertz CT molecular complexity index is 547. The summed E-state index contributed by atoms with van der Waals surface area (Å²) >= 11 is 6.12. The van der Waals surface area contributed by atoms with Crippen molar-refractivity contribution in [3.05, 3.63) is 28.8 Å². The number of rotatable bonds is 9. The summed E-state index contributed by atoms with van der Waals surface area (Å²) in [7, 11) is -3.47. The summed E-state index contributed by atoms with van der Waals surface area (Å²) in [6.45, 7) is 8.03. The topological polar surface area (TPSA) is 58.2 Å². The lowest BCUT2D eigenvalue weighted by molar-refractivity contribution is 0.528. The molecule has 0 aliphatic rings. The van der Waals surface area contributed by atoms with Crippen LogP contribution in [0.1, 0.15) is 39.2 Å². The minimum Gasteiger partial charge on any atom is -0.313 e. The molecule has 1 aromatic carbocycles. The van der Waals surface area contributed by atoms with E-state index in [0.717, 1.165) is 24.9 Å². The Morgan fingerprint density at radius 2 is 2.00 bits per heavy atom. The maximum Gasteiger partial charge on any atom is 0.240 e. The lowest BCUT2D eigenvalue weighted by Crippen LogP contribution is -2.28. The Morgan fingerprint density at radius 3 is 2.62 bits per heavy atom. The van der Waals surface area contributed by atoms with Crippen molar-refractivity contribution < 1.29 is 8.42 Å². The van der Waals surface area contributed by atoms with E-state index in [2.05, 4.69) is 17.0 Å². The van der Waals surface area contributed by atoms with Crippen LogP contribution < -0.4 is 10.0 Å². The van der Waals surface area contributed by atoms with Gasteiger partial charge in [0, 0.05) is 18.1 Å². The summed E-state index contributed by atoms with van der Waals surface area (Å²) in [6.07, 6.45) is 1.96. The van der Waals surface area contributed by atoms with Gasteiger partial charge in [-0.2, -0.15) is 0 Å². The highest BCUT2D eigenvalue weighted by atomic mass is 35.5. The highest BCUT2D eigenvalue weighted by Gasteiger charge is 2.16. The second-order valence-electron chi connectivity index (χ2n) is 5.30. The van der Waals surface area contributed by atoms with E-state index in [4.69, 9.17) is 11.6 Å². The van der Waals surface area contributed by atoms with Gasteiger partial charge in [-0.05, 0) is 42.6 Å². The van der Waals surface area contributed by atoms with Gasteiger partial charge in [0.05, 0.1) is 4.90 Å². The van der Waals surface area contributed by atoms with Gasteiger partial charge in [0.1, 0.15) is 0 Å². The minimum absolute atomic E-state index is 0.267. The van der Waals surface area contributed by atoms with E-state index < -0.39 is 10.0 Å². The first kappa shape index (κ1) is 18.4. The molecule has 1 rings (SSSR count). The standard InChI is InChI=1S/C15H25ClN2O2S/c1-4-8-17-11-13-9-14(6-7-15(13)16)21(19,20)18-10-12(3)5-2/h6-7,9,12,17-18H,4-5,8,10-11H2,1-3H3. The van der Waals surface area contributed by atoms with Gasteiger partial charge in [-0.1, -0.05) is 38.8 Å². The first-order chi connectivity index (χ1) is 9.90. The molecule has 1 unspecified atom stereocenters. The van der Waals surface area contributed by atoms with Crippen molar-refractivity contribution in [1.82, 2.24) is 10.0 Å². The van der Waals surface area contributed by atoms with Crippen molar-refractivity contribution in [1.29, 1.82) is 0 Å². The van der Waals surface area contributed by atoms with E-state index in [1.54, 1.807) is 18.2 Å². The average molecular weight is 333 g/mol. The van der Waals surface area contributed by atoms with E-state index in [0.29, 0.717) is 24.0 Å². The number of nitrogens with one attached hydrogen (secondary N) is 2. The lowest BCUT2D eigenvalue weighted by Gasteiger charge is -2.12. The predicted molar refractivity (Wildman–Crippen MR) is 88.1 cm³/mol. The molecule has 0 saturated carbocycles. The molecular weight excluding hydrogens is 308 g/mol. The van der Waals surface area contributed by atoms with Crippen molar-refractivity contribution >= 4 is 21.6 Å². The Labute approximate surface area is 133 Å². The molecule has 0 bridgehead atoms. The van der Waals surface area contributed by atoms with E-state index in [-0.39, 0.29) is 4.90 Å². The minimum atomic E-state index is -3.47. The molecule has 1 aromatic rings. The van der Waals surface area contributed by atoms with Crippen LogP contribution in [-0.2, 0) is 16.6 Å². The van der Waals surface area contributed by atoms with E-state index in [9.17, 15) is 8.42 Å². The summed E-state index contributed by atoms with van der Waals surface area (Å²) in [5.74, 6) is 0.317. The molecule has 0 aromatic heterocycles. The molecule has 6 heteroatoms. The highest BCUT2D eigenvalue weighted by molar-refractivity contribution is 7.89. The highest BCUT2D eigenvalue weighted by Crippen LogP contribution is 2.20. The van der Waals surface area contributed by atoms with Crippen LogP contribution >= 0.6 is 11.6 Å². The molecule has 0 saturated heterocycles. The van der Waals surface area contributed by atoms with E-state index >= 15 is 0 Å². The van der Waals surface area contributed by atoms with Gasteiger partial charge in [-0.25, -0.2) is 13.1 Å². The van der Waals surface area contributed by atoms with Crippen molar-refractivity contribution in [2.45, 2.75) is 45.1 Å². The number of benzene rings is 1. The molecular formula is C15H25ClN2O2S. The summed E-state index contributed by atoms with van der Waals surface area (Å²) < 4.78 is 27.2. The van der Waals surface area contributed by atoms with E-state index in [1.165, 1.54) is 0 Å². The molecule has 0 fully saturated rings. The van der Waals surface area contributed by atoms with Crippen LogP contribution in [0.25, 0.3) is 0 Å². The molecule has 21 heavy (non-hydrogen) atoms. The molecule has 0 aliphatic heterocycles. The number of sulfonamides is 1. The van der Waals surface area contributed by atoms with Crippen LogP contribution in [0.15, 0.2) is 23.1 Å². The van der Waals surface area contributed by atoms with Gasteiger partial charge in [-0.3, -0.25) is 0 Å². The van der Waals surface area contributed by atoms with Gasteiger partial charge in [0.15, 0.2) is 0 Å². The van der Waals surface area contributed by atoms with Crippen LogP contribution in [0.4, 0.5) is 0 Å². The predicted octanol–water partition coefficient (Wildman–Crippen LogP) is 3.16. The van der Waals surface area contributed by atoms with Gasteiger partial charge in [0.25, 0.3) is 0 Å². The monoisotopic (exact) mass is 332 g/mol. The Balaban J connectivity index is 2.84. The fourth-order valence-electron chi connectivity index (χ4n) is 1.73. The fraction of sp³-hybridized carbons (Fsp3) is 0.600. The molecule has 0 spiro atoms. The number of halogens is 1. The molecule has 0 aliphatic carbocycles. The van der Waals surface area contributed by atoms with Crippen molar-refractivity contribution in [3.8, 4) is 0 Å². The lowest BCUT2D eigenvalue weighted by atomic mass is 10.1. The smallest absolute Gasteiger partial charge is 0.240 e. The third-order valence-electron chi connectivity index (χ3n) is 3.39. The number of hydrogen-bond acceptors (Lipinski definition) is 3. The van der Waals surface area contributed by atoms with Crippen LogP contribution in [0.2, 0.25) is 5.02 Å². The van der Waals surface area contributed by atoms with Gasteiger partial charge >= 0.3 is 0 Å². The number of hydrogen-bond donors (Lipinski definition) is 2. The second kappa shape index (κ2) is 8.73. The van der Waals surface area contributed by atoms with Crippen LogP contribution in [-0.4, -0.2) is 21.5 Å². The van der Waals surface area contributed by atoms with Crippen molar-refractivity contribution in [2.24, 2.45) is 5.92 Å². The Morgan fingerprint density at radius 1 is 1.29 bits per heavy atom. The SMILES string of the molecule is CCCNCc1cc(S(=O)(=O)NCC(C)CC)ccc1Cl. The first-order valence-electron chi connectivity index (χ1n) is 7.39. The zero-order valence-electron chi connectivity index (χ0n) is 12.9. The average Bonchev–Trinajstić information content (AvgIpc) is 2.46. The zero-order valence-corrected chi connectivity index (χ0v) is 14.5. The zero-order chi connectivity index (χ0) is 15.9. The first-order valence-corrected chi connectivity index (χ1v) is 9.25. The molecule has 0 amide bonds. The molecule has 120 valence electrons. The van der Waals surface area contributed by atoms with Gasteiger partial charge in [0.2, 0.25) is 10.0 Å². The summed E-state index contributed by atoms with van der Waals surface area (Å²) in [5.41, 5.74) is 0.802. The molecule has 4 nitrogen and oxygen atoms in total. The maximum absolute atomic E-state index is 12.3. The van der Waals surface area contributed by atoms with Gasteiger partial charge < -0.3 is 5.32 Å². The summed E-state index contributed by atoms with van der Waals surface area (Å²) in [5, 5.41) is 3.81. The maximum atomic E-state index is 12.3. The Kier molecular flexibility index (Phi) is 7.66. The molecule has 0 heterocycles. The van der Waals surface area contributed by atoms with Crippen molar-refractivity contribution in [3.63, 3.8) is 0 Å². The van der Waals surface area contributed by atoms with E-state index in [1.807, 2.05) is 13.8 Å². The molecule has 2 N–H and O–H groups in total. The molecule has 1 atom stereocenters. The Hall–Kier alpha value is -0.620. The third kappa shape index (κ3) is 5.94. The van der Waals surface area contributed by atoms with Crippen LogP contribution in [0.5, 0.6) is 0 Å². The molecule has 0 radical (unpaired) electrons. The van der Waals surface area contributed by atoms with Gasteiger partial charge in [-0.15, -0.1) is 0 Å². The van der Waals surface area contributed by atoms with Crippen LogP contribution in [0, 0.1) is 5.92 Å².